The third-order valence-electron chi connectivity index (χ3n) is 3.99. The van der Waals surface area contributed by atoms with Crippen molar-refractivity contribution in [2.75, 3.05) is 5.32 Å². The standard InChI is InChI=1S/C12H16N4O/c13-12(17)9-3-4-11(16-15-9)14-10-6-7-1-2-8(10)5-7/h3-4,7-8,10H,1-2,5-6H2,(H2,13,17)(H,14,16). The van der Waals surface area contributed by atoms with Crippen molar-refractivity contribution in [3.05, 3.63) is 17.8 Å². The molecular weight excluding hydrogens is 216 g/mol. The average Bonchev–Trinajstić information content (AvgIpc) is 2.91. The van der Waals surface area contributed by atoms with Crippen molar-refractivity contribution in [3.8, 4) is 0 Å². The summed E-state index contributed by atoms with van der Waals surface area (Å²) >= 11 is 0. The number of anilines is 1. The molecule has 3 unspecified atom stereocenters. The van der Waals surface area contributed by atoms with Gasteiger partial charge < -0.3 is 11.1 Å². The Morgan fingerprint density at radius 3 is 2.71 bits per heavy atom. The first-order valence-corrected chi connectivity index (χ1v) is 6.12. The van der Waals surface area contributed by atoms with E-state index in [2.05, 4.69) is 15.5 Å². The highest BCUT2D eigenvalue weighted by Crippen LogP contribution is 2.45. The lowest BCUT2D eigenvalue weighted by Gasteiger charge is -2.23. The van der Waals surface area contributed by atoms with Gasteiger partial charge in [0, 0.05) is 6.04 Å². The van der Waals surface area contributed by atoms with E-state index in [9.17, 15) is 4.79 Å². The fourth-order valence-corrected chi connectivity index (χ4v) is 3.15. The van der Waals surface area contributed by atoms with Crippen LogP contribution in [0.5, 0.6) is 0 Å². The molecule has 1 amide bonds. The van der Waals surface area contributed by atoms with Crippen molar-refractivity contribution in [1.82, 2.24) is 10.2 Å². The quantitative estimate of drug-likeness (QED) is 0.819. The number of hydrogen-bond acceptors (Lipinski definition) is 4. The molecule has 3 atom stereocenters. The van der Waals surface area contributed by atoms with Gasteiger partial charge >= 0.3 is 0 Å². The molecule has 0 aliphatic heterocycles. The molecule has 2 bridgehead atoms. The predicted octanol–water partition coefficient (Wildman–Crippen LogP) is 1.18. The van der Waals surface area contributed by atoms with Crippen LogP contribution in [0.2, 0.25) is 0 Å². The third kappa shape index (κ3) is 1.97. The lowest BCUT2D eigenvalue weighted by Crippen LogP contribution is -2.26. The Bertz CT molecular complexity index is 431. The van der Waals surface area contributed by atoms with E-state index < -0.39 is 5.91 Å². The highest BCUT2D eigenvalue weighted by atomic mass is 16.1. The number of fused-ring (bicyclic) bond motifs is 2. The Kier molecular flexibility index (Phi) is 2.46. The van der Waals surface area contributed by atoms with Crippen LogP contribution in [0.4, 0.5) is 5.82 Å². The second kappa shape index (κ2) is 3.98. The highest BCUT2D eigenvalue weighted by Gasteiger charge is 2.39. The summed E-state index contributed by atoms with van der Waals surface area (Å²) in [5.74, 6) is 1.89. The minimum Gasteiger partial charge on any atom is -0.366 e. The van der Waals surface area contributed by atoms with Crippen LogP contribution >= 0.6 is 0 Å². The number of rotatable bonds is 3. The topological polar surface area (TPSA) is 80.9 Å². The van der Waals surface area contributed by atoms with Gasteiger partial charge in [-0.2, -0.15) is 0 Å². The first kappa shape index (κ1) is 10.5. The minimum absolute atomic E-state index is 0.212. The van der Waals surface area contributed by atoms with Gasteiger partial charge in [0.05, 0.1) is 0 Å². The van der Waals surface area contributed by atoms with Gasteiger partial charge in [0.25, 0.3) is 5.91 Å². The average molecular weight is 232 g/mol. The molecule has 2 saturated carbocycles. The molecule has 2 aliphatic carbocycles. The summed E-state index contributed by atoms with van der Waals surface area (Å²) in [6.45, 7) is 0. The number of nitrogens with two attached hydrogens (primary N) is 1. The molecule has 3 rings (SSSR count). The normalized spacial score (nSPS) is 30.5. The maximum Gasteiger partial charge on any atom is 0.269 e. The van der Waals surface area contributed by atoms with Gasteiger partial charge in [0.1, 0.15) is 5.82 Å². The predicted molar refractivity (Wildman–Crippen MR) is 63.4 cm³/mol. The molecule has 3 N–H and O–H groups in total. The van der Waals surface area contributed by atoms with Crippen LogP contribution in [0.1, 0.15) is 36.2 Å². The Hall–Kier alpha value is -1.65. The third-order valence-corrected chi connectivity index (χ3v) is 3.99. The first-order valence-electron chi connectivity index (χ1n) is 6.12. The summed E-state index contributed by atoms with van der Waals surface area (Å²) in [4.78, 5) is 10.9. The molecule has 5 heteroatoms. The van der Waals surface area contributed by atoms with Crippen molar-refractivity contribution in [1.29, 1.82) is 0 Å². The molecule has 2 aliphatic rings. The number of nitrogens with one attached hydrogen (secondary N) is 1. The number of primary amides is 1. The lowest BCUT2D eigenvalue weighted by atomic mass is 9.95. The van der Waals surface area contributed by atoms with Crippen LogP contribution in [0.25, 0.3) is 0 Å². The second-order valence-electron chi connectivity index (χ2n) is 5.09. The lowest BCUT2D eigenvalue weighted by molar-refractivity contribution is 0.0994. The Morgan fingerprint density at radius 1 is 1.29 bits per heavy atom. The summed E-state index contributed by atoms with van der Waals surface area (Å²) < 4.78 is 0. The largest absolute Gasteiger partial charge is 0.366 e. The maximum absolute atomic E-state index is 10.9. The summed E-state index contributed by atoms with van der Waals surface area (Å²) in [7, 11) is 0. The van der Waals surface area contributed by atoms with E-state index in [1.165, 1.54) is 25.7 Å². The molecule has 1 heterocycles. The van der Waals surface area contributed by atoms with Gasteiger partial charge in [0.2, 0.25) is 0 Å². The number of nitrogens with zero attached hydrogens (tertiary/aromatic N) is 2. The van der Waals surface area contributed by atoms with Crippen molar-refractivity contribution in [3.63, 3.8) is 0 Å². The van der Waals surface area contributed by atoms with Gasteiger partial charge in [-0.3, -0.25) is 4.79 Å². The molecule has 0 spiro atoms. The van der Waals surface area contributed by atoms with E-state index in [1.807, 2.05) is 0 Å². The fraction of sp³-hybridized carbons (Fsp3) is 0.583. The fourth-order valence-electron chi connectivity index (χ4n) is 3.15. The molecule has 1 aromatic rings. The van der Waals surface area contributed by atoms with Gasteiger partial charge in [-0.15, -0.1) is 10.2 Å². The van der Waals surface area contributed by atoms with E-state index in [-0.39, 0.29) is 5.69 Å². The minimum atomic E-state index is -0.538. The van der Waals surface area contributed by atoms with Crippen LogP contribution in [-0.2, 0) is 0 Å². The van der Waals surface area contributed by atoms with E-state index in [0.29, 0.717) is 6.04 Å². The van der Waals surface area contributed by atoms with Crippen molar-refractivity contribution >= 4 is 11.7 Å². The van der Waals surface area contributed by atoms with E-state index in [4.69, 9.17) is 5.73 Å². The van der Waals surface area contributed by atoms with Crippen LogP contribution in [0.15, 0.2) is 12.1 Å². The molecule has 0 radical (unpaired) electrons. The Balaban J connectivity index is 1.67. The number of carbonyl (C=O) groups is 1. The molecule has 0 aromatic carbocycles. The summed E-state index contributed by atoms with van der Waals surface area (Å²) in [5, 5.41) is 11.2. The summed E-state index contributed by atoms with van der Waals surface area (Å²) in [6.07, 6.45) is 5.30. The van der Waals surface area contributed by atoms with Crippen molar-refractivity contribution in [2.45, 2.75) is 31.7 Å². The van der Waals surface area contributed by atoms with Crippen molar-refractivity contribution < 1.29 is 4.79 Å². The second-order valence-corrected chi connectivity index (χ2v) is 5.09. The number of carbonyl (C=O) groups excluding carboxylic acids is 1. The van der Waals surface area contributed by atoms with Crippen LogP contribution < -0.4 is 11.1 Å². The number of amides is 1. The van der Waals surface area contributed by atoms with Gasteiger partial charge in [-0.05, 0) is 43.2 Å². The van der Waals surface area contributed by atoms with Crippen LogP contribution in [0.3, 0.4) is 0 Å². The monoisotopic (exact) mass is 232 g/mol. The highest BCUT2D eigenvalue weighted by molar-refractivity contribution is 5.90. The molecule has 1 aromatic heterocycles. The zero-order chi connectivity index (χ0) is 11.8. The molecule has 5 nitrogen and oxygen atoms in total. The number of hydrogen-bond donors (Lipinski definition) is 2. The van der Waals surface area contributed by atoms with Crippen LogP contribution in [0, 0.1) is 11.8 Å². The van der Waals surface area contributed by atoms with Crippen molar-refractivity contribution in [2.24, 2.45) is 17.6 Å². The molecule has 0 saturated heterocycles. The molecular formula is C12H16N4O. The van der Waals surface area contributed by atoms with Gasteiger partial charge in [0.15, 0.2) is 5.69 Å². The molecule has 2 fully saturated rings. The van der Waals surface area contributed by atoms with E-state index >= 15 is 0 Å². The van der Waals surface area contributed by atoms with E-state index in [1.54, 1.807) is 12.1 Å². The molecule has 17 heavy (non-hydrogen) atoms. The summed E-state index contributed by atoms with van der Waals surface area (Å²) in [5.41, 5.74) is 5.33. The molecule has 90 valence electrons. The summed E-state index contributed by atoms with van der Waals surface area (Å²) in [6, 6.07) is 3.92. The number of aromatic nitrogens is 2. The Morgan fingerprint density at radius 2 is 2.18 bits per heavy atom. The zero-order valence-electron chi connectivity index (χ0n) is 9.60. The van der Waals surface area contributed by atoms with Crippen LogP contribution in [-0.4, -0.2) is 22.1 Å². The van der Waals surface area contributed by atoms with Gasteiger partial charge in [-0.25, -0.2) is 0 Å². The zero-order valence-corrected chi connectivity index (χ0v) is 9.60. The van der Waals surface area contributed by atoms with Gasteiger partial charge in [-0.1, -0.05) is 6.42 Å². The first-order chi connectivity index (χ1) is 8.22. The SMILES string of the molecule is NC(=O)c1ccc(NC2CC3CCC2C3)nn1. The Labute approximate surface area is 99.8 Å². The van der Waals surface area contributed by atoms with E-state index in [0.717, 1.165) is 17.7 Å². The maximum atomic E-state index is 10.9. The smallest absolute Gasteiger partial charge is 0.269 e.